The summed E-state index contributed by atoms with van der Waals surface area (Å²) in [6, 6.07) is 0. The minimum absolute atomic E-state index is 0.823. The molecule has 0 radical (unpaired) electrons. The third-order valence-electron chi connectivity index (χ3n) is 2.52. The Bertz CT molecular complexity index is 231. The fourth-order valence-corrected chi connectivity index (χ4v) is 1.87. The van der Waals surface area contributed by atoms with Crippen molar-refractivity contribution >= 4 is 0 Å². The minimum atomic E-state index is 0.823. The Morgan fingerprint density at radius 2 is 2.21 bits per heavy atom. The fraction of sp³-hybridized carbons (Fsp3) is 0.727. The first-order valence-electron chi connectivity index (χ1n) is 5.49. The molecule has 0 N–H and O–H groups in total. The van der Waals surface area contributed by atoms with Crippen LogP contribution in [0.4, 0.5) is 0 Å². The molecule has 2 heterocycles. The lowest BCUT2D eigenvalue weighted by atomic mass is 10.1. The van der Waals surface area contributed by atoms with Crippen molar-refractivity contribution in [1.29, 1.82) is 0 Å². The first-order valence-corrected chi connectivity index (χ1v) is 5.49. The van der Waals surface area contributed by atoms with Crippen molar-refractivity contribution in [1.82, 2.24) is 14.5 Å². The molecule has 1 saturated heterocycles. The maximum Gasteiger partial charge on any atom is 0.0946 e. The van der Waals surface area contributed by atoms with Gasteiger partial charge in [-0.05, 0) is 25.9 Å². The zero-order valence-electron chi connectivity index (χ0n) is 9.48. The molecule has 1 aromatic rings. The summed E-state index contributed by atoms with van der Waals surface area (Å²) >= 11 is 0. The second-order valence-corrected chi connectivity index (χ2v) is 3.68. The Labute approximate surface area is 86.7 Å². The third kappa shape index (κ3) is 3.14. The number of hydrogen-bond acceptors (Lipinski definition) is 2. The van der Waals surface area contributed by atoms with Crippen molar-refractivity contribution in [3.8, 4) is 0 Å². The molecular formula is C11H21N3. The molecule has 3 nitrogen and oxygen atoms in total. The second-order valence-electron chi connectivity index (χ2n) is 3.68. The first kappa shape index (κ1) is 11.2. The van der Waals surface area contributed by atoms with Gasteiger partial charge in [0.15, 0.2) is 0 Å². The Morgan fingerprint density at radius 1 is 1.43 bits per heavy atom. The number of nitrogens with zero attached hydrogens (tertiary/aromatic N) is 3. The van der Waals surface area contributed by atoms with Gasteiger partial charge in [0.05, 0.1) is 6.33 Å². The Hall–Kier alpha value is -0.830. The van der Waals surface area contributed by atoms with Crippen LogP contribution in [0.1, 0.15) is 20.3 Å². The van der Waals surface area contributed by atoms with Gasteiger partial charge in [-0.25, -0.2) is 4.98 Å². The van der Waals surface area contributed by atoms with Crippen LogP contribution in [0.25, 0.3) is 0 Å². The number of imidazole rings is 1. The zero-order chi connectivity index (χ0) is 10.4. The highest BCUT2D eigenvalue weighted by molar-refractivity contribution is 4.79. The summed E-state index contributed by atoms with van der Waals surface area (Å²) in [6.07, 6.45) is 7.12. The van der Waals surface area contributed by atoms with E-state index < -0.39 is 0 Å². The van der Waals surface area contributed by atoms with E-state index in [9.17, 15) is 0 Å². The summed E-state index contributed by atoms with van der Waals surface area (Å²) in [7, 11) is 2.19. The van der Waals surface area contributed by atoms with E-state index in [1.165, 1.54) is 19.5 Å². The van der Waals surface area contributed by atoms with Crippen LogP contribution in [0, 0.1) is 5.92 Å². The van der Waals surface area contributed by atoms with Crippen LogP contribution in [0.5, 0.6) is 0 Å². The largest absolute Gasteiger partial charge is 0.337 e. The predicted molar refractivity (Wildman–Crippen MR) is 59.2 cm³/mol. The predicted octanol–water partition coefficient (Wildman–Crippen LogP) is 1.86. The molecule has 0 spiro atoms. The van der Waals surface area contributed by atoms with Gasteiger partial charge in [-0.15, -0.1) is 0 Å². The van der Waals surface area contributed by atoms with Gasteiger partial charge in [-0.1, -0.05) is 13.8 Å². The smallest absolute Gasteiger partial charge is 0.0946 e. The molecule has 0 bridgehead atoms. The summed E-state index contributed by atoms with van der Waals surface area (Å²) in [5.41, 5.74) is 0. The van der Waals surface area contributed by atoms with Crippen LogP contribution in [0.15, 0.2) is 18.7 Å². The van der Waals surface area contributed by atoms with Gasteiger partial charge in [0.25, 0.3) is 0 Å². The standard InChI is InChI=1S/C9H15N3.C2H6/c1-11-4-2-9(6-11)7-12-5-3-10-8-12;1-2/h3,5,8-9H,2,4,6-7H2,1H3;1-2H3/t9-;/m1./s1. The van der Waals surface area contributed by atoms with Gasteiger partial charge in [0.1, 0.15) is 0 Å². The molecular weight excluding hydrogens is 174 g/mol. The van der Waals surface area contributed by atoms with Gasteiger partial charge >= 0.3 is 0 Å². The van der Waals surface area contributed by atoms with Gasteiger partial charge in [-0.2, -0.15) is 0 Å². The number of aromatic nitrogens is 2. The summed E-state index contributed by atoms with van der Waals surface area (Å²) in [4.78, 5) is 6.42. The van der Waals surface area contributed by atoms with Crippen molar-refractivity contribution in [3.05, 3.63) is 18.7 Å². The van der Waals surface area contributed by atoms with E-state index >= 15 is 0 Å². The monoisotopic (exact) mass is 195 g/mol. The van der Waals surface area contributed by atoms with Crippen LogP contribution in [-0.2, 0) is 6.54 Å². The maximum absolute atomic E-state index is 4.03. The van der Waals surface area contributed by atoms with E-state index in [0.29, 0.717) is 0 Å². The normalized spacial score (nSPS) is 21.8. The first-order chi connectivity index (χ1) is 6.84. The molecule has 1 fully saturated rings. The number of likely N-dealkylation sites (tertiary alicyclic amines) is 1. The van der Waals surface area contributed by atoms with E-state index in [1.807, 2.05) is 32.6 Å². The van der Waals surface area contributed by atoms with Gasteiger partial charge < -0.3 is 9.47 Å². The maximum atomic E-state index is 4.03. The van der Waals surface area contributed by atoms with Crippen molar-refractivity contribution < 1.29 is 0 Å². The molecule has 80 valence electrons. The van der Waals surface area contributed by atoms with Gasteiger partial charge in [0, 0.05) is 25.5 Å². The summed E-state index contributed by atoms with van der Waals surface area (Å²) in [6.45, 7) is 7.61. The van der Waals surface area contributed by atoms with Crippen LogP contribution >= 0.6 is 0 Å². The molecule has 14 heavy (non-hydrogen) atoms. The Morgan fingerprint density at radius 3 is 2.71 bits per heavy atom. The van der Waals surface area contributed by atoms with Crippen LogP contribution < -0.4 is 0 Å². The summed E-state index contributed by atoms with van der Waals surface area (Å²) < 4.78 is 2.17. The molecule has 1 aromatic heterocycles. The van der Waals surface area contributed by atoms with Crippen LogP contribution in [0.2, 0.25) is 0 Å². The average Bonchev–Trinajstić information content (AvgIpc) is 2.82. The van der Waals surface area contributed by atoms with Crippen molar-refractivity contribution in [2.45, 2.75) is 26.8 Å². The van der Waals surface area contributed by atoms with Crippen molar-refractivity contribution in [2.75, 3.05) is 20.1 Å². The Balaban J connectivity index is 0.000000461. The lowest BCUT2D eigenvalue weighted by Gasteiger charge is -2.10. The average molecular weight is 195 g/mol. The SMILES string of the molecule is CC.CN1CC[C@@H](Cn2ccnc2)C1. The molecule has 2 rings (SSSR count). The molecule has 1 aliphatic heterocycles. The molecule has 0 amide bonds. The molecule has 0 aliphatic carbocycles. The van der Waals surface area contributed by atoms with Crippen molar-refractivity contribution in [2.24, 2.45) is 5.92 Å². The second kappa shape index (κ2) is 5.81. The molecule has 3 heteroatoms. The van der Waals surface area contributed by atoms with E-state index in [1.54, 1.807) is 0 Å². The van der Waals surface area contributed by atoms with Gasteiger partial charge in [-0.3, -0.25) is 0 Å². The minimum Gasteiger partial charge on any atom is -0.337 e. The topological polar surface area (TPSA) is 21.1 Å². The van der Waals surface area contributed by atoms with Gasteiger partial charge in [0.2, 0.25) is 0 Å². The van der Waals surface area contributed by atoms with E-state index in [4.69, 9.17) is 0 Å². The number of hydrogen-bond donors (Lipinski definition) is 0. The molecule has 1 aliphatic rings. The zero-order valence-corrected chi connectivity index (χ0v) is 9.48. The van der Waals surface area contributed by atoms with E-state index in [-0.39, 0.29) is 0 Å². The summed E-state index contributed by atoms with van der Waals surface area (Å²) in [5.74, 6) is 0.823. The fourth-order valence-electron chi connectivity index (χ4n) is 1.87. The van der Waals surface area contributed by atoms with Crippen LogP contribution in [0.3, 0.4) is 0 Å². The van der Waals surface area contributed by atoms with E-state index in [2.05, 4.69) is 21.5 Å². The quantitative estimate of drug-likeness (QED) is 0.718. The lowest BCUT2D eigenvalue weighted by Crippen LogP contribution is -2.16. The number of rotatable bonds is 2. The molecule has 1 atom stereocenters. The summed E-state index contributed by atoms with van der Waals surface area (Å²) in [5, 5.41) is 0. The van der Waals surface area contributed by atoms with E-state index in [0.717, 1.165) is 12.5 Å². The third-order valence-corrected chi connectivity index (χ3v) is 2.52. The van der Waals surface area contributed by atoms with Crippen molar-refractivity contribution in [3.63, 3.8) is 0 Å². The lowest BCUT2D eigenvalue weighted by molar-refractivity contribution is 0.378. The highest BCUT2D eigenvalue weighted by atomic mass is 15.1. The molecule has 0 saturated carbocycles. The Kier molecular flexibility index (Phi) is 4.66. The molecule has 0 aromatic carbocycles. The highest BCUT2D eigenvalue weighted by Crippen LogP contribution is 2.15. The highest BCUT2D eigenvalue weighted by Gasteiger charge is 2.19. The molecule has 0 unspecified atom stereocenters. The van der Waals surface area contributed by atoms with Crippen LogP contribution in [-0.4, -0.2) is 34.6 Å².